The Morgan fingerprint density at radius 3 is 2.95 bits per heavy atom. The first-order valence-electron chi connectivity index (χ1n) is 8.56. The van der Waals surface area contributed by atoms with E-state index in [1.165, 1.54) is 67.8 Å². The van der Waals surface area contributed by atoms with Crippen molar-refractivity contribution in [3.8, 4) is 0 Å². The Labute approximate surface area is 127 Å². The first kappa shape index (κ1) is 13.5. The average Bonchev–Trinajstić information content (AvgIpc) is 3.10. The zero-order valence-electron chi connectivity index (χ0n) is 12.9. The molecular formula is C17H26N4. The van der Waals surface area contributed by atoms with Crippen LogP contribution in [0.25, 0.3) is 0 Å². The molecule has 2 fully saturated rings. The quantitative estimate of drug-likeness (QED) is 0.899. The Morgan fingerprint density at radius 2 is 2.05 bits per heavy atom. The molecule has 1 aromatic heterocycles. The fraction of sp³-hybridized carbons (Fsp3) is 0.706. The van der Waals surface area contributed by atoms with Crippen molar-refractivity contribution in [2.45, 2.75) is 51.1 Å². The molecule has 0 amide bonds. The highest BCUT2D eigenvalue weighted by atomic mass is 15.3. The van der Waals surface area contributed by atoms with Crippen LogP contribution in [0.15, 0.2) is 6.07 Å². The molecule has 114 valence electrons. The summed E-state index contributed by atoms with van der Waals surface area (Å²) in [5.41, 5.74) is 10.0. The molecule has 3 aliphatic rings. The molecule has 4 rings (SSSR count). The van der Waals surface area contributed by atoms with E-state index < -0.39 is 0 Å². The van der Waals surface area contributed by atoms with E-state index in [4.69, 9.17) is 10.7 Å². The molecule has 0 radical (unpaired) electrons. The van der Waals surface area contributed by atoms with E-state index in [0.717, 1.165) is 25.6 Å². The first-order valence-corrected chi connectivity index (χ1v) is 8.56. The Balaban J connectivity index is 1.65. The molecule has 2 aliphatic heterocycles. The lowest BCUT2D eigenvalue weighted by atomic mass is 10.1. The number of aryl methyl sites for hydroxylation is 2. The van der Waals surface area contributed by atoms with Crippen molar-refractivity contribution >= 4 is 5.82 Å². The fourth-order valence-corrected chi connectivity index (χ4v) is 4.33. The largest absolute Gasteiger partial charge is 0.355 e. The second-order valence-corrected chi connectivity index (χ2v) is 6.77. The van der Waals surface area contributed by atoms with Gasteiger partial charge in [-0.3, -0.25) is 4.90 Å². The lowest BCUT2D eigenvalue weighted by molar-refractivity contribution is 0.273. The van der Waals surface area contributed by atoms with Gasteiger partial charge in [0.15, 0.2) is 0 Å². The molecular weight excluding hydrogens is 260 g/mol. The van der Waals surface area contributed by atoms with Gasteiger partial charge >= 0.3 is 0 Å². The minimum absolute atomic E-state index is 0.612. The van der Waals surface area contributed by atoms with Gasteiger partial charge in [0.25, 0.3) is 0 Å². The molecule has 21 heavy (non-hydrogen) atoms. The lowest BCUT2D eigenvalue weighted by Gasteiger charge is -2.28. The van der Waals surface area contributed by atoms with Crippen LogP contribution in [0.5, 0.6) is 0 Å². The number of aromatic nitrogens is 1. The highest BCUT2D eigenvalue weighted by molar-refractivity contribution is 5.51. The molecule has 1 unspecified atom stereocenters. The predicted molar refractivity (Wildman–Crippen MR) is 85.6 cm³/mol. The Bertz CT molecular complexity index is 528. The molecule has 0 bridgehead atoms. The Morgan fingerprint density at radius 1 is 1.14 bits per heavy atom. The predicted octanol–water partition coefficient (Wildman–Crippen LogP) is 1.70. The summed E-state index contributed by atoms with van der Waals surface area (Å²) in [5.74, 6) is 1.19. The van der Waals surface area contributed by atoms with Crippen molar-refractivity contribution in [2.75, 3.05) is 31.1 Å². The van der Waals surface area contributed by atoms with Gasteiger partial charge < -0.3 is 10.6 Å². The topological polar surface area (TPSA) is 45.4 Å². The molecule has 1 atom stereocenters. The smallest absolute Gasteiger partial charge is 0.133 e. The number of pyridine rings is 1. The van der Waals surface area contributed by atoms with E-state index in [1.54, 1.807) is 0 Å². The van der Waals surface area contributed by atoms with Crippen molar-refractivity contribution in [1.82, 2.24) is 9.88 Å². The minimum Gasteiger partial charge on any atom is -0.355 e. The van der Waals surface area contributed by atoms with E-state index in [0.29, 0.717) is 6.54 Å². The van der Waals surface area contributed by atoms with Crippen molar-refractivity contribution in [3.63, 3.8) is 0 Å². The van der Waals surface area contributed by atoms with E-state index in [1.807, 2.05) is 0 Å². The fourth-order valence-electron chi connectivity index (χ4n) is 4.33. The lowest BCUT2D eigenvalue weighted by Crippen LogP contribution is -2.37. The summed E-state index contributed by atoms with van der Waals surface area (Å²) < 4.78 is 0. The van der Waals surface area contributed by atoms with E-state index in [9.17, 15) is 0 Å². The van der Waals surface area contributed by atoms with Crippen molar-refractivity contribution in [2.24, 2.45) is 5.73 Å². The van der Waals surface area contributed by atoms with Crippen LogP contribution in [-0.4, -0.2) is 42.1 Å². The third kappa shape index (κ3) is 2.44. The zero-order valence-corrected chi connectivity index (χ0v) is 12.9. The highest BCUT2D eigenvalue weighted by Gasteiger charge is 2.30. The molecule has 4 nitrogen and oxygen atoms in total. The van der Waals surface area contributed by atoms with Gasteiger partial charge in [-0.2, -0.15) is 0 Å². The molecule has 2 saturated heterocycles. The number of anilines is 1. The molecule has 2 N–H and O–H groups in total. The molecule has 0 aromatic carbocycles. The van der Waals surface area contributed by atoms with Crippen molar-refractivity contribution < 1.29 is 0 Å². The summed E-state index contributed by atoms with van der Waals surface area (Å²) in [6.07, 6.45) is 7.55. The highest BCUT2D eigenvalue weighted by Crippen LogP contribution is 2.30. The number of nitrogens with zero attached hydrogens (tertiary/aromatic N) is 3. The van der Waals surface area contributed by atoms with E-state index in [2.05, 4.69) is 15.9 Å². The third-order valence-electron chi connectivity index (χ3n) is 5.43. The average molecular weight is 286 g/mol. The van der Waals surface area contributed by atoms with Crippen LogP contribution in [-0.2, 0) is 19.4 Å². The summed E-state index contributed by atoms with van der Waals surface area (Å²) in [6.45, 7) is 5.43. The Kier molecular flexibility index (Phi) is 3.59. The number of nitrogens with two attached hydrogens (primary N) is 1. The van der Waals surface area contributed by atoms with Crippen LogP contribution in [0.1, 0.15) is 42.5 Å². The first-order chi connectivity index (χ1) is 10.3. The standard InChI is InChI=1S/C17H26N4/c18-11-14-10-13-4-1-6-16(13)19-17(14)21-9-3-8-20-7-2-5-15(20)12-21/h10,15H,1-9,11-12,18H2. The summed E-state index contributed by atoms with van der Waals surface area (Å²) in [7, 11) is 0. The van der Waals surface area contributed by atoms with Gasteiger partial charge in [0.1, 0.15) is 5.82 Å². The summed E-state index contributed by atoms with van der Waals surface area (Å²) in [4.78, 5) is 10.2. The maximum Gasteiger partial charge on any atom is 0.133 e. The van der Waals surface area contributed by atoms with Crippen molar-refractivity contribution in [1.29, 1.82) is 0 Å². The number of hydrogen-bond acceptors (Lipinski definition) is 4. The molecule has 1 aliphatic carbocycles. The Hall–Kier alpha value is -1.13. The van der Waals surface area contributed by atoms with Gasteiger partial charge in [0.05, 0.1) is 0 Å². The number of hydrogen-bond donors (Lipinski definition) is 1. The van der Waals surface area contributed by atoms with E-state index >= 15 is 0 Å². The van der Waals surface area contributed by atoms with Gasteiger partial charge in [-0.05, 0) is 56.7 Å². The molecule has 1 aromatic rings. The SMILES string of the molecule is NCc1cc2c(nc1N1CCCN3CCCC3C1)CCC2. The minimum atomic E-state index is 0.612. The van der Waals surface area contributed by atoms with Gasteiger partial charge in [-0.25, -0.2) is 4.98 Å². The van der Waals surface area contributed by atoms with Crippen LogP contribution in [0.2, 0.25) is 0 Å². The van der Waals surface area contributed by atoms with Crippen LogP contribution in [0, 0.1) is 0 Å². The molecule has 4 heteroatoms. The second kappa shape index (κ2) is 5.58. The van der Waals surface area contributed by atoms with E-state index in [-0.39, 0.29) is 0 Å². The normalized spacial score (nSPS) is 25.8. The van der Waals surface area contributed by atoms with Gasteiger partial charge in [-0.1, -0.05) is 0 Å². The number of fused-ring (bicyclic) bond motifs is 2. The molecule has 0 saturated carbocycles. The van der Waals surface area contributed by atoms with Gasteiger partial charge in [0.2, 0.25) is 0 Å². The summed E-state index contributed by atoms with van der Waals surface area (Å²) in [5, 5.41) is 0. The monoisotopic (exact) mass is 286 g/mol. The number of rotatable bonds is 2. The van der Waals surface area contributed by atoms with Crippen molar-refractivity contribution in [3.05, 3.63) is 22.9 Å². The summed E-state index contributed by atoms with van der Waals surface area (Å²) >= 11 is 0. The van der Waals surface area contributed by atoms with Crippen LogP contribution in [0.4, 0.5) is 5.82 Å². The van der Waals surface area contributed by atoms with Crippen LogP contribution >= 0.6 is 0 Å². The second-order valence-electron chi connectivity index (χ2n) is 6.77. The maximum absolute atomic E-state index is 6.02. The molecule has 0 spiro atoms. The van der Waals surface area contributed by atoms with Crippen LogP contribution in [0.3, 0.4) is 0 Å². The third-order valence-corrected chi connectivity index (χ3v) is 5.43. The maximum atomic E-state index is 6.02. The van der Waals surface area contributed by atoms with Gasteiger partial charge in [0, 0.05) is 43.5 Å². The summed E-state index contributed by atoms with van der Waals surface area (Å²) in [6, 6.07) is 3.07. The van der Waals surface area contributed by atoms with Crippen LogP contribution < -0.4 is 10.6 Å². The zero-order chi connectivity index (χ0) is 14.2. The van der Waals surface area contributed by atoms with Gasteiger partial charge in [-0.15, -0.1) is 0 Å². The molecule has 3 heterocycles.